The fourth-order valence-electron chi connectivity index (χ4n) is 2.38. The lowest BCUT2D eigenvalue weighted by atomic mass is 10.1. The first-order chi connectivity index (χ1) is 13.3. The van der Waals surface area contributed by atoms with E-state index in [1.165, 1.54) is 6.20 Å². The van der Waals surface area contributed by atoms with Crippen molar-refractivity contribution in [1.82, 2.24) is 4.98 Å². The van der Waals surface area contributed by atoms with Crippen LogP contribution in [0.4, 0.5) is 30.4 Å². The molecule has 0 spiro atoms. The summed E-state index contributed by atoms with van der Waals surface area (Å²) in [7, 11) is 1.59. The molecule has 0 aliphatic rings. The minimum Gasteiger partial charge on any atom is -0.497 e. The number of pyridine rings is 1. The minimum atomic E-state index is -4.44. The second-order valence-electron chi connectivity index (χ2n) is 5.81. The summed E-state index contributed by atoms with van der Waals surface area (Å²) in [6, 6.07) is 14.6. The number of alkyl halides is 3. The Morgan fingerprint density at radius 3 is 2.11 bits per heavy atom. The van der Waals surface area contributed by atoms with E-state index in [4.69, 9.17) is 4.74 Å². The van der Waals surface area contributed by atoms with E-state index in [1.54, 1.807) is 19.2 Å². The topological polar surface area (TPSA) is 63.2 Å². The number of methoxy groups -OCH3 is 1. The van der Waals surface area contributed by atoms with E-state index >= 15 is 0 Å². The highest BCUT2D eigenvalue weighted by Crippen LogP contribution is 2.29. The average Bonchev–Trinajstić information content (AvgIpc) is 2.69. The lowest BCUT2D eigenvalue weighted by Gasteiger charge is -2.09. The molecule has 144 valence electrons. The van der Waals surface area contributed by atoms with Gasteiger partial charge in [-0.25, -0.2) is 4.98 Å². The molecule has 2 N–H and O–H groups in total. The van der Waals surface area contributed by atoms with E-state index in [2.05, 4.69) is 15.6 Å². The van der Waals surface area contributed by atoms with Crippen molar-refractivity contribution in [1.29, 1.82) is 0 Å². The maximum atomic E-state index is 12.6. The molecule has 2 aromatic carbocycles. The van der Waals surface area contributed by atoms with Crippen molar-refractivity contribution in [2.24, 2.45) is 0 Å². The monoisotopic (exact) mass is 387 g/mol. The molecule has 0 saturated carbocycles. The van der Waals surface area contributed by atoms with E-state index in [0.717, 1.165) is 35.7 Å². The summed E-state index contributed by atoms with van der Waals surface area (Å²) < 4.78 is 42.8. The fourth-order valence-corrected chi connectivity index (χ4v) is 2.38. The normalized spacial score (nSPS) is 11.0. The molecule has 3 rings (SSSR count). The van der Waals surface area contributed by atoms with Gasteiger partial charge in [0.25, 0.3) is 5.91 Å². The molecular weight excluding hydrogens is 371 g/mol. The maximum Gasteiger partial charge on any atom is 0.416 e. The number of ether oxygens (including phenoxy) is 1. The van der Waals surface area contributed by atoms with Crippen LogP contribution in [0.5, 0.6) is 5.75 Å². The fraction of sp³-hybridized carbons (Fsp3) is 0.100. The van der Waals surface area contributed by atoms with E-state index in [-0.39, 0.29) is 11.4 Å². The molecule has 0 aliphatic heterocycles. The number of benzene rings is 2. The first kappa shape index (κ1) is 19.2. The van der Waals surface area contributed by atoms with E-state index in [9.17, 15) is 18.0 Å². The van der Waals surface area contributed by atoms with Crippen molar-refractivity contribution in [3.8, 4) is 5.75 Å². The number of nitrogens with zero attached hydrogens (tertiary/aromatic N) is 1. The Hall–Kier alpha value is -3.55. The Labute approximate surface area is 159 Å². The van der Waals surface area contributed by atoms with Crippen LogP contribution >= 0.6 is 0 Å². The van der Waals surface area contributed by atoms with Crippen LogP contribution in [0.1, 0.15) is 15.9 Å². The number of rotatable bonds is 5. The SMILES string of the molecule is COc1ccc(Nc2ccc(NC(=O)c3ccc(C(F)(F)F)cc3)nc2)cc1. The molecule has 0 fully saturated rings. The summed E-state index contributed by atoms with van der Waals surface area (Å²) in [6.45, 7) is 0. The molecule has 1 aromatic heterocycles. The van der Waals surface area contributed by atoms with Crippen molar-refractivity contribution in [3.63, 3.8) is 0 Å². The number of nitrogens with one attached hydrogen (secondary N) is 2. The van der Waals surface area contributed by atoms with Gasteiger partial charge in [0.15, 0.2) is 0 Å². The first-order valence-electron chi connectivity index (χ1n) is 8.21. The molecule has 1 heterocycles. The quantitative estimate of drug-likeness (QED) is 0.639. The Bertz CT molecular complexity index is 938. The van der Waals surface area contributed by atoms with Crippen molar-refractivity contribution in [2.45, 2.75) is 6.18 Å². The van der Waals surface area contributed by atoms with Crippen LogP contribution in [0, 0.1) is 0 Å². The number of carbonyl (C=O) groups excluding carboxylic acids is 1. The smallest absolute Gasteiger partial charge is 0.416 e. The van der Waals surface area contributed by atoms with Crippen molar-refractivity contribution < 1.29 is 22.7 Å². The predicted octanol–water partition coefficient (Wildman–Crippen LogP) is 5.10. The van der Waals surface area contributed by atoms with Gasteiger partial charge in [0.05, 0.1) is 24.6 Å². The number of halogens is 3. The van der Waals surface area contributed by atoms with Crippen LogP contribution in [0.25, 0.3) is 0 Å². The van der Waals surface area contributed by atoms with Crippen molar-refractivity contribution in [3.05, 3.63) is 78.0 Å². The number of anilines is 3. The minimum absolute atomic E-state index is 0.107. The van der Waals surface area contributed by atoms with Gasteiger partial charge in [-0.3, -0.25) is 4.79 Å². The third-order valence-electron chi connectivity index (χ3n) is 3.86. The Morgan fingerprint density at radius 1 is 0.929 bits per heavy atom. The van der Waals surface area contributed by atoms with Crippen LogP contribution in [-0.4, -0.2) is 18.0 Å². The summed E-state index contributed by atoms with van der Waals surface area (Å²) in [5.74, 6) is 0.479. The molecule has 3 aromatic rings. The van der Waals surface area contributed by atoms with Gasteiger partial charge in [0.2, 0.25) is 0 Å². The van der Waals surface area contributed by atoms with E-state index < -0.39 is 17.6 Å². The molecule has 28 heavy (non-hydrogen) atoms. The standard InChI is InChI=1S/C20H16F3N3O2/c1-28-17-9-6-15(7-10-17)25-16-8-11-18(24-12-16)26-19(27)13-2-4-14(5-3-13)20(21,22)23/h2-12,25H,1H3,(H,24,26,27). The Balaban J connectivity index is 1.62. The van der Waals surface area contributed by atoms with E-state index in [1.807, 2.05) is 24.3 Å². The lowest BCUT2D eigenvalue weighted by molar-refractivity contribution is -0.137. The summed E-state index contributed by atoms with van der Waals surface area (Å²) >= 11 is 0. The van der Waals surface area contributed by atoms with Gasteiger partial charge in [0, 0.05) is 11.3 Å². The zero-order chi connectivity index (χ0) is 20.1. The van der Waals surface area contributed by atoms with Crippen LogP contribution < -0.4 is 15.4 Å². The van der Waals surface area contributed by atoms with Gasteiger partial charge < -0.3 is 15.4 Å². The van der Waals surface area contributed by atoms with Crippen LogP contribution in [0.3, 0.4) is 0 Å². The highest BCUT2D eigenvalue weighted by atomic mass is 19.4. The Kier molecular flexibility index (Phi) is 5.49. The highest BCUT2D eigenvalue weighted by molar-refractivity contribution is 6.03. The van der Waals surface area contributed by atoms with Gasteiger partial charge in [-0.2, -0.15) is 13.2 Å². The molecule has 0 aliphatic carbocycles. The lowest BCUT2D eigenvalue weighted by Crippen LogP contribution is -2.13. The van der Waals surface area contributed by atoms with Gasteiger partial charge in [-0.05, 0) is 60.7 Å². The van der Waals surface area contributed by atoms with Gasteiger partial charge in [-0.1, -0.05) is 0 Å². The van der Waals surface area contributed by atoms with Crippen molar-refractivity contribution >= 4 is 23.1 Å². The first-order valence-corrected chi connectivity index (χ1v) is 8.21. The Morgan fingerprint density at radius 2 is 1.57 bits per heavy atom. The molecule has 0 atom stereocenters. The molecule has 8 heteroatoms. The van der Waals surface area contributed by atoms with Gasteiger partial charge in [-0.15, -0.1) is 0 Å². The number of aromatic nitrogens is 1. The van der Waals surface area contributed by atoms with Crippen LogP contribution in [-0.2, 0) is 6.18 Å². The molecule has 0 bridgehead atoms. The number of hydrogen-bond donors (Lipinski definition) is 2. The molecule has 0 radical (unpaired) electrons. The number of hydrogen-bond acceptors (Lipinski definition) is 4. The van der Waals surface area contributed by atoms with Crippen molar-refractivity contribution in [2.75, 3.05) is 17.7 Å². The zero-order valence-corrected chi connectivity index (χ0v) is 14.7. The summed E-state index contributed by atoms with van der Waals surface area (Å²) in [6.07, 6.45) is -2.91. The largest absolute Gasteiger partial charge is 0.497 e. The molecule has 1 amide bonds. The number of amides is 1. The highest BCUT2D eigenvalue weighted by Gasteiger charge is 2.30. The van der Waals surface area contributed by atoms with E-state index in [0.29, 0.717) is 5.69 Å². The van der Waals surface area contributed by atoms with Gasteiger partial charge >= 0.3 is 6.18 Å². The molecule has 5 nitrogen and oxygen atoms in total. The van der Waals surface area contributed by atoms with Gasteiger partial charge in [0.1, 0.15) is 11.6 Å². The maximum absolute atomic E-state index is 12.6. The molecular formula is C20H16F3N3O2. The molecule has 0 unspecified atom stereocenters. The molecule has 0 saturated heterocycles. The third kappa shape index (κ3) is 4.79. The second kappa shape index (κ2) is 7.99. The number of carbonyl (C=O) groups is 1. The van der Waals surface area contributed by atoms with Crippen LogP contribution in [0.2, 0.25) is 0 Å². The average molecular weight is 387 g/mol. The zero-order valence-electron chi connectivity index (χ0n) is 14.7. The summed E-state index contributed by atoms with van der Waals surface area (Å²) in [4.78, 5) is 16.3. The third-order valence-corrected chi connectivity index (χ3v) is 3.86. The summed E-state index contributed by atoms with van der Waals surface area (Å²) in [5, 5.41) is 5.70. The summed E-state index contributed by atoms with van der Waals surface area (Å²) in [5.41, 5.74) is 0.841. The predicted molar refractivity (Wildman–Crippen MR) is 99.9 cm³/mol. The second-order valence-corrected chi connectivity index (χ2v) is 5.81. The van der Waals surface area contributed by atoms with Crippen LogP contribution in [0.15, 0.2) is 66.9 Å².